The normalized spacial score (nSPS) is 16.1. The van der Waals surface area contributed by atoms with Gasteiger partial charge in [0, 0.05) is 5.67 Å². The molecule has 0 aliphatic carbocycles. The van der Waals surface area contributed by atoms with Crippen LogP contribution in [0.5, 0.6) is 0 Å². The van der Waals surface area contributed by atoms with Crippen LogP contribution < -0.4 is 0 Å². The Morgan fingerprint density at radius 3 is 2.25 bits per heavy atom. The van der Waals surface area contributed by atoms with E-state index in [-0.39, 0.29) is 0 Å². The summed E-state index contributed by atoms with van der Waals surface area (Å²) in [5.74, 6) is 0. The Morgan fingerprint density at radius 2 is 2.00 bits per heavy atom. The first-order valence-corrected chi connectivity index (χ1v) is 7.11. The predicted molar refractivity (Wildman–Crippen MR) is 60.2 cm³/mol. The quantitative estimate of drug-likeness (QED) is 0.574. The minimum Gasteiger partial charge on any atom is -0.309 e. The molecule has 2 unspecified atom stereocenters. The summed E-state index contributed by atoms with van der Waals surface area (Å²) in [7, 11) is 3.68. The van der Waals surface area contributed by atoms with Crippen molar-refractivity contribution < 1.29 is 0 Å². The van der Waals surface area contributed by atoms with Crippen LogP contribution in [0, 0.1) is 0 Å². The number of hydrogen-bond donors (Lipinski definition) is 0. The summed E-state index contributed by atoms with van der Waals surface area (Å²) in [6.07, 6.45) is 2.59. The van der Waals surface area contributed by atoms with E-state index in [0.29, 0.717) is 0 Å². The maximum Gasteiger partial charge on any atom is 0.0796 e. The first-order valence-electron chi connectivity index (χ1n) is 4.96. The Kier molecular flexibility index (Phi) is 6.39. The van der Waals surface area contributed by atoms with Crippen molar-refractivity contribution in [3.05, 3.63) is 12.3 Å². The van der Waals surface area contributed by atoms with E-state index >= 15 is 0 Å². The molecular formula is C10H23NSi. The van der Waals surface area contributed by atoms with Crippen LogP contribution in [0.3, 0.4) is 0 Å². The second-order valence-corrected chi connectivity index (χ2v) is 6.77. The Bertz CT molecular complexity index is 123. The number of nitrogens with zero attached hydrogens (tertiary/aromatic N) is 1. The zero-order valence-electron chi connectivity index (χ0n) is 9.01. The fourth-order valence-electron chi connectivity index (χ4n) is 1.85. The molecule has 72 valence electrons. The molecule has 0 bridgehead atoms. The monoisotopic (exact) mass is 185 g/mol. The molecule has 0 fully saturated rings. The Labute approximate surface area is 79.1 Å². The largest absolute Gasteiger partial charge is 0.309 e. The van der Waals surface area contributed by atoms with Gasteiger partial charge in [-0.1, -0.05) is 26.3 Å². The Balaban J connectivity index is 4.12. The van der Waals surface area contributed by atoms with E-state index in [1.54, 1.807) is 0 Å². The van der Waals surface area contributed by atoms with Gasteiger partial charge in [0.05, 0.1) is 8.80 Å². The molecule has 2 atom stereocenters. The highest BCUT2D eigenvalue weighted by Crippen LogP contribution is 2.10. The SMILES string of the molecule is C=C[SiH](CCC)C(CC)N(C)C. The fourth-order valence-corrected chi connectivity index (χ4v) is 4.82. The Morgan fingerprint density at radius 1 is 1.42 bits per heavy atom. The van der Waals surface area contributed by atoms with Crippen LogP contribution in [0.4, 0.5) is 0 Å². The molecule has 0 spiro atoms. The van der Waals surface area contributed by atoms with Crippen LogP contribution in [0.15, 0.2) is 12.3 Å². The molecule has 12 heavy (non-hydrogen) atoms. The summed E-state index contributed by atoms with van der Waals surface area (Å²) in [6, 6.07) is 1.40. The highest BCUT2D eigenvalue weighted by atomic mass is 28.3. The molecule has 0 saturated heterocycles. The summed E-state index contributed by atoms with van der Waals surface area (Å²) in [5.41, 5.74) is 3.06. The van der Waals surface area contributed by atoms with Gasteiger partial charge in [0.2, 0.25) is 0 Å². The minimum absolute atomic E-state index is 0.696. The lowest BCUT2D eigenvalue weighted by Gasteiger charge is -2.28. The van der Waals surface area contributed by atoms with Gasteiger partial charge in [-0.25, -0.2) is 0 Å². The van der Waals surface area contributed by atoms with Crippen molar-refractivity contribution in [2.45, 2.75) is 38.4 Å². The van der Waals surface area contributed by atoms with Crippen molar-refractivity contribution in [3.8, 4) is 0 Å². The van der Waals surface area contributed by atoms with Gasteiger partial charge in [0.1, 0.15) is 0 Å². The molecule has 0 aliphatic heterocycles. The van der Waals surface area contributed by atoms with Gasteiger partial charge in [-0.05, 0) is 20.5 Å². The molecule has 0 amide bonds. The molecule has 0 aliphatic rings. The van der Waals surface area contributed by atoms with E-state index in [0.717, 1.165) is 5.67 Å². The topological polar surface area (TPSA) is 3.24 Å². The van der Waals surface area contributed by atoms with Crippen molar-refractivity contribution in [3.63, 3.8) is 0 Å². The van der Waals surface area contributed by atoms with Crippen LogP contribution >= 0.6 is 0 Å². The highest BCUT2D eigenvalue weighted by Gasteiger charge is 2.19. The van der Waals surface area contributed by atoms with Gasteiger partial charge in [0.25, 0.3) is 0 Å². The van der Waals surface area contributed by atoms with Crippen LogP contribution in [0.25, 0.3) is 0 Å². The first kappa shape index (κ1) is 11.9. The average molecular weight is 185 g/mol. The van der Waals surface area contributed by atoms with E-state index < -0.39 is 8.80 Å². The maximum atomic E-state index is 3.97. The highest BCUT2D eigenvalue weighted by molar-refractivity contribution is 6.65. The smallest absolute Gasteiger partial charge is 0.0796 e. The number of rotatable bonds is 6. The third-order valence-electron chi connectivity index (χ3n) is 2.50. The first-order chi connectivity index (χ1) is 5.67. The van der Waals surface area contributed by atoms with E-state index in [1.165, 1.54) is 18.9 Å². The van der Waals surface area contributed by atoms with Crippen molar-refractivity contribution in [1.82, 2.24) is 4.90 Å². The molecule has 0 heterocycles. The van der Waals surface area contributed by atoms with Gasteiger partial charge in [-0.15, -0.1) is 12.3 Å². The van der Waals surface area contributed by atoms with Crippen LogP contribution in [0.2, 0.25) is 6.04 Å². The minimum atomic E-state index is -0.696. The van der Waals surface area contributed by atoms with Gasteiger partial charge < -0.3 is 4.90 Å². The molecule has 0 aromatic heterocycles. The van der Waals surface area contributed by atoms with Gasteiger partial charge in [-0.3, -0.25) is 0 Å². The third-order valence-corrected chi connectivity index (χ3v) is 6.41. The lowest BCUT2D eigenvalue weighted by atomic mass is 10.4. The second kappa shape index (κ2) is 6.43. The predicted octanol–water partition coefficient (Wildman–Crippen LogP) is 2.23. The Hall–Kier alpha value is -0.0831. The van der Waals surface area contributed by atoms with E-state index in [1.807, 2.05) is 0 Å². The lowest BCUT2D eigenvalue weighted by molar-refractivity contribution is 0.360. The van der Waals surface area contributed by atoms with Crippen LogP contribution in [0.1, 0.15) is 26.7 Å². The summed E-state index contributed by atoms with van der Waals surface area (Å²) < 4.78 is 0. The van der Waals surface area contributed by atoms with Crippen molar-refractivity contribution >= 4 is 8.80 Å². The maximum absolute atomic E-state index is 3.97. The third kappa shape index (κ3) is 3.54. The van der Waals surface area contributed by atoms with Crippen LogP contribution in [-0.2, 0) is 0 Å². The van der Waals surface area contributed by atoms with Gasteiger partial charge in [0.15, 0.2) is 0 Å². The molecule has 0 N–H and O–H groups in total. The van der Waals surface area contributed by atoms with E-state index in [2.05, 4.69) is 45.1 Å². The summed E-state index contributed by atoms with van der Waals surface area (Å²) in [5, 5.41) is 0. The molecular weight excluding hydrogens is 162 g/mol. The zero-order chi connectivity index (χ0) is 9.56. The van der Waals surface area contributed by atoms with Gasteiger partial charge in [-0.2, -0.15) is 0 Å². The standard InChI is InChI=1S/C10H23NSi/c1-6-9-12(8-3)10(7-2)11(4)5/h8,10,12H,3,6-7,9H2,1-2,4-5H3. The average Bonchev–Trinajstić information content (AvgIpc) is 2.03. The zero-order valence-corrected chi connectivity index (χ0v) is 10.2. The molecule has 0 saturated carbocycles. The number of hydrogen-bond acceptors (Lipinski definition) is 1. The molecule has 0 radical (unpaired) electrons. The van der Waals surface area contributed by atoms with E-state index in [9.17, 15) is 0 Å². The fraction of sp³-hybridized carbons (Fsp3) is 0.800. The molecule has 0 rings (SSSR count). The molecule has 0 aromatic rings. The van der Waals surface area contributed by atoms with Crippen LogP contribution in [-0.4, -0.2) is 33.5 Å². The summed E-state index contributed by atoms with van der Waals surface area (Å²) in [4.78, 5) is 2.37. The van der Waals surface area contributed by atoms with Crippen molar-refractivity contribution in [2.24, 2.45) is 0 Å². The van der Waals surface area contributed by atoms with Gasteiger partial charge >= 0.3 is 0 Å². The summed E-state index contributed by atoms with van der Waals surface area (Å²) >= 11 is 0. The summed E-state index contributed by atoms with van der Waals surface area (Å²) in [6.45, 7) is 8.52. The van der Waals surface area contributed by atoms with Crippen molar-refractivity contribution in [2.75, 3.05) is 14.1 Å². The lowest BCUT2D eigenvalue weighted by Crippen LogP contribution is -2.40. The molecule has 1 nitrogen and oxygen atoms in total. The van der Waals surface area contributed by atoms with E-state index in [4.69, 9.17) is 0 Å². The second-order valence-electron chi connectivity index (χ2n) is 3.63. The molecule has 2 heteroatoms. The van der Waals surface area contributed by atoms with Crippen molar-refractivity contribution in [1.29, 1.82) is 0 Å². The molecule has 0 aromatic carbocycles.